The third-order valence-electron chi connectivity index (χ3n) is 3.47. The van der Waals surface area contributed by atoms with Crippen molar-refractivity contribution in [3.05, 3.63) is 83.4 Å². The molecular formula is C17H14F2N4O. The van der Waals surface area contributed by atoms with E-state index in [-0.39, 0.29) is 5.56 Å². The van der Waals surface area contributed by atoms with Crippen molar-refractivity contribution in [3.8, 4) is 0 Å². The molecule has 1 amide bonds. The maximum atomic E-state index is 13.1. The molecule has 0 saturated heterocycles. The number of aromatic nitrogens is 3. The number of rotatable bonds is 5. The van der Waals surface area contributed by atoms with E-state index < -0.39 is 17.5 Å². The van der Waals surface area contributed by atoms with Crippen molar-refractivity contribution in [1.82, 2.24) is 20.1 Å². The molecule has 1 heterocycles. The maximum Gasteiger partial charge on any atom is 0.251 e. The summed E-state index contributed by atoms with van der Waals surface area (Å²) in [4.78, 5) is 15.8. The van der Waals surface area contributed by atoms with Gasteiger partial charge in [0.25, 0.3) is 5.91 Å². The fraction of sp³-hybridized carbons (Fsp3) is 0.118. The molecule has 0 fully saturated rings. The average molecular weight is 328 g/mol. The van der Waals surface area contributed by atoms with Crippen LogP contribution < -0.4 is 5.32 Å². The number of halogens is 2. The molecule has 0 saturated carbocycles. The van der Waals surface area contributed by atoms with E-state index in [0.717, 1.165) is 23.3 Å². The van der Waals surface area contributed by atoms with Gasteiger partial charge in [-0.05, 0) is 29.3 Å². The van der Waals surface area contributed by atoms with Gasteiger partial charge < -0.3 is 5.32 Å². The fourth-order valence-corrected chi connectivity index (χ4v) is 2.19. The zero-order valence-corrected chi connectivity index (χ0v) is 12.6. The van der Waals surface area contributed by atoms with E-state index in [1.165, 1.54) is 12.4 Å². The molecule has 0 aliphatic heterocycles. The summed E-state index contributed by atoms with van der Waals surface area (Å²) in [7, 11) is 0. The van der Waals surface area contributed by atoms with Crippen LogP contribution in [0.15, 0.2) is 55.1 Å². The molecule has 5 nitrogen and oxygen atoms in total. The number of nitrogens with zero attached hydrogens (tertiary/aromatic N) is 3. The Labute approximate surface area is 137 Å². The molecule has 7 heteroatoms. The second-order valence-electron chi connectivity index (χ2n) is 5.22. The van der Waals surface area contributed by atoms with Crippen LogP contribution in [0.2, 0.25) is 0 Å². The standard InChI is InChI=1S/C17H14F2N4O/c18-15-6-5-14(7-16(15)19)17(24)21-8-12-1-3-13(4-2-12)9-23-11-20-10-22-23/h1-7,10-11H,8-9H2,(H,21,24). The Hall–Kier alpha value is -3.09. The van der Waals surface area contributed by atoms with Gasteiger partial charge in [0.2, 0.25) is 0 Å². The second kappa shape index (κ2) is 6.99. The Morgan fingerprint density at radius 3 is 2.46 bits per heavy atom. The molecule has 0 aliphatic carbocycles. The van der Waals surface area contributed by atoms with Crippen molar-refractivity contribution in [2.24, 2.45) is 0 Å². The van der Waals surface area contributed by atoms with Crippen LogP contribution in [0.3, 0.4) is 0 Å². The highest BCUT2D eigenvalue weighted by Gasteiger charge is 2.09. The number of carbonyl (C=O) groups is 1. The molecule has 0 radical (unpaired) electrons. The highest BCUT2D eigenvalue weighted by atomic mass is 19.2. The minimum atomic E-state index is -1.04. The highest BCUT2D eigenvalue weighted by molar-refractivity contribution is 5.94. The van der Waals surface area contributed by atoms with E-state index in [9.17, 15) is 13.6 Å². The highest BCUT2D eigenvalue weighted by Crippen LogP contribution is 2.10. The quantitative estimate of drug-likeness (QED) is 0.783. The molecule has 24 heavy (non-hydrogen) atoms. The van der Waals surface area contributed by atoms with Crippen molar-refractivity contribution in [2.45, 2.75) is 13.1 Å². The minimum Gasteiger partial charge on any atom is -0.348 e. The Balaban J connectivity index is 1.58. The predicted octanol–water partition coefficient (Wildman–Crippen LogP) is 2.53. The zero-order valence-electron chi connectivity index (χ0n) is 12.6. The molecule has 0 bridgehead atoms. The molecule has 0 spiro atoms. The monoisotopic (exact) mass is 328 g/mol. The van der Waals surface area contributed by atoms with Crippen LogP contribution in [0.25, 0.3) is 0 Å². The normalized spacial score (nSPS) is 10.6. The molecule has 0 atom stereocenters. The van der Waals surface area contributed by atoms with E-state index in [4.69, 9.17) is 0 Å². The summed E-state index contributed by atoms with van der Waals surface area (Å²) in [5.74, 6) is -2.48. The molecule has 3 aromatic rings. The molecule has 0 aliphatic rings. The van der Waals surface area contributed by atoms with Crippen molar-refractivity contribution in [1.29, 1.82) is 0 Å². The summed E-state index contributed by atoms with van der Waals surface area (Å²) in [6.45, 7) is 0.906. The lowest BCUT2D eigenvalue weighted by Crippen LogP contribution is -2.23. The van der Waals surface area contributed by atoms with Gasteiger partial charge in [-0.1, -0.05) is 24.3 Å². The molecule has 1 N–H and O–H groups in total. The van der Waals surface area contributed by atoms with E-state index in [1.54, 1.807) is 11.0 Å². The van der Waals surface area contributed by atoms with Crippen LogP contribution in [0.5, 0.6) is 0 Å². The molecule has 122 valence electrons. The zero-order chi connectivity index (χ0) is 16.9. The first-order valence-corrected chi connectivity index (χ1v) is 7.25. The molecule has 0 unspecified atom stereocenters. The fourth-order valence-electron chi connectivity index (χ4n) is 2.19. The Bertz CT molecular complexity index is 832. The number of benzene rings is 2. The first kappa shape index (κ1) is 15.8. The SMILES string of the molecule is O=C(NCc1ccc(Cn2cncn2)cc1)c1ccc(F)c(F)c1. The van der Waals surface area contributed by atoms with E-state index in [2.05, 4.69) is 15.4 Å². The van der Waals surface area contributed by atoms with Crippen LogP contribution in [-0.4, -0.2) is 20.7 Å². The first-order chi connectivity index (χ1) is 11.6. The van der Waals surface area contributed by atoms with Crippen molar-refractivity contribution >= 4 is 5.91 Å². The second-order valence-corrected chi connectivity index (χ2v) is 5.22. The van der Waals surface area contributed by atoms with Gasteiger partial charge in [0.15, 0.2) is 11.6 Å². The van der Waals surface area contributed by atoms with Crippen molar-refractivity contribution in [3.63, 3.8) is 0 Å². The van der Waals surface area contributed by atoms with Crippen LogP contribution >= 0.6 is 0 Å². The van der Waals surface area contributed by atoms with Gasteiger partial charge in [-0.25, -0.2) is 18.4 Å². The minimum absolute atomic E-state index is 0.0803. The number of carbonyl (C=O) groups excluding carboxylic acids is 1. The number of nitrogens with one attached hydrogen (secondary N) is 1. The smallest absolute Gasteiger partial charge is 0.251 e. The molecule has 1 aromatic heterocycles. The largest absolute Gasteiger partial charge is 0.348 e. The summed E-state index contributed by atoms with van der Waals surface area (Å²) < 4.78 is 27.7. The summed E-state index contributed by atoms with van der Waals surface area (Å²) in [5.41, 5.74) is 2.03. The summed E-state index contributed by atoms with van der Waals surface area (Å²) in [6, 6.07) is 10.7. The van der Waals surface area contributed by atoms with E-state index in [0.29, 0.717) is 13.1 Å². The van der Waals surface area contributed by atoms with Gasteiger partial charge in [0, 0.05) is 12.1 Å². The number of hydrogen-bond acceptors (Lipinski definition) is 3. The maximum absolute atomic E-state index is 13.1. The molecular weight excluding hydrogens is 314 g/mol. The van der Waals surface area contributed by atoms with Gasteiger partial charge in [-0.2, -0.15) is 5.10 Å². The lowest BCUT2D eigenvalue weighted by atomic mass is 10.1. The van der Waals surface area contributed by atoms with Crippen LogP contribution in [0.1, 0.15) is 21.5 Å². The third-order valence-corrected chi connectivity index (χ3v) is 3.47. The number of hydrogen-bond donors (Lipinski definition) is 1. The molecule has 2 aromatic carbocycles. The van der Waals surface area contributed by atoms with Gasteiger partial charge in [-0.3, -0.25) is 4.79 Å². The average Bonchev–Trinajstić information content (AvgIpc) is 3.09. The van der Waals surface area contributed by atoms with Gasteiger partial charge >= 0.3 is 0 Å². The van der Waals surface area contributed by atoms with Crippen LogP contribution in [-0.2, 0) is 13.1 Å². The Morgan fingerprint density at radius 2 is 1.79 bits per heavy atom. The number of amides is 1. The lowest BCUT2D eigenvalue weighted by molar-refractivity contribution is 0.0950. The third kappa shape index (κ3) is 3.81. The summed E-state index contributed by atoms with van der Waals surface area (Å²) >= 11 is 0. The summed E-state index contributed by atoms with van der Waals surface area (Å²) in [5, 5.41) is 6.70. The van der Waals surface area contributed by atoms with Crippen molar-refractivity contribution in [2.75, 3.05) is 0 Å². The van der Waals surface area contributed by atoms with E-state index in [1.807, 2.05) is 24.3 Å². The summed E-state index contributed by atoms with van der Waals surface area (Å²) in [6.07, 6.45) is 3.11. The van der Waals surface area contributed by atoms with Crippen LogP contribution in [0, 0.1) is 11.6 Å². The predicted molar refractivity (Wildman–Crippen MR) is 83.1 cm³/mol. The van der Waals surface area contributed by atoms with Gasteiger partial charge in [0.1, 0.15) is 12.7 Å². The van der Waals surface area contributed by atoms with Crippen LogP contribution in [0.4, 0.5) is 8.78 Å². The lowest BCUT2D eigenvalue weighted by Gasteiger charge is -2.07. The van der Waals surface area contributed by atoms with E-state index >= 15 is 0 Å². The molecule has 3 rings (SSSR count). The topological polar surface area (TPSA) is 59.8 Å². The Kier molecular flexibility index (Phi) is 4.60. The van der Waals surface area contributed by atoms with Gasteiger partial charge in [0.05, 0.1) is 6.54 Å². The van der Waals surface area contributed by atoms with Crippen molar-refractivity contribution < 1.29 is 13.6 Å². The van der Waals surface area contributed by atoms with Gasteiger partial charge in [-0.15, -0.1) is 0 Å². The Morgan fingerprint density at radius 1 is 1.04 bits per heavy atom. The first-order valence-electron chi connectivity index (χ1n) is 7.25.